The molecular weight excluding hydrogens is 248 g/mol. The average molecular weight is 279 g/mol. The van der Waals surface area contributed by atoms with Gasteiger partial charge in [0.2, 0.25) is 8.32 Å². The van der Waals surface area contributed by atoms with Crippen molar-refractivity contribution in [2.75, 3.05) is 0 Å². The first-order valence-electron chi connectivity index (χ1n) is 7.88. The van der Waals surface area contributed by atoms with Crippen LogP contribution in [0.3, 0.4) is 0 Å². The summed E-state index contributed by atoms with van der Waals surface area (Å²) in [5.41, 5.74) is 0. The van der Waals surface area contributed by atoms with Crippen LogP contribution in [-0.2, 0) is 0 Å². The Morgan fingerprint density at radius 2 is 1.42 bits per heavy atom. The van der Waals surface area contributed by atoms with E-state index in [1.54, 1.807) is 0 Å². The molecule has 0 aliphatic rings. The van der Waals surface area contributed by atoms with Crippen LogP contribution in [-0.4, -0.2) is 8.32 Å². The molecular formula is C17H30OSi. The summed E-state index contributed by atoms with van der Waals surface area (Å²) in [7, 11) is -1.52. The Hall–Kier alpha value is -0.763. The fourth-order valence-corrected chi connectivity index (χ4v) is 4.34. The molecule has 0 aliphatic heterocycles. The molecule has 0 bridgehead atoms. The second-order valence-electron chi connectivity index (χ2n) is 6.05. The van der Waals surface area contributed by atoms with Gasteiger partial charge in [-0.05, 0) is 31.3 Å². The van der Waals surface area contributed by atoms with Crippen LogP contribution in [0.2, 0.25) is 19.1 Å². The normalized spacial score (nSPS) is 11.5. The Morgan fingerprint density at radius 1 is 0.842 bits per heavy atom. The van der Waals surface area contributed by atoms with Crippen molar-refractivity contribution in [3.8, 4) is 5.75 Å². The number of benzene rings is 1. The van der Waals surface area contributed by atoms with Gasteiger partial charge in [-0.2, -0.15) is 0 Å². The van der Waals surface area contributed by atoms with Gasteiger partial charge in [-0.15, -0.1) is 0 Å². The molecule has 0 spiro atoms. The molecule has 108 valence electrons. The summed E-state index contributed by atoms with van der Waals surface area (Å²) in [4.78, 5) is 0. The summed E-state index contributed by atoms with van der Waals surface area (Å²) in [6.45, 7) is 6.93. The van der Waals surface area contributed by atoms with Crippen molar-refractivity contribution >= 4 is 8.32 Å². The second kappa shape index (κ2) is 9.19. The zero-order valence-electron chi connectivity index (χ0n) is 13.0. The van der Waals surface area contributed by atoms with Gasteiger partial charge in [-0.3, -0.25) is 0 Å². The van der Waals surface area contributed by atoms with E-state index < -0.39 is 8.32 Å². The van der Waals surface area contributed by atoms with Crippen LogP contribution in [0.5, 0.6) is 5.75 Å². The number of hydrogen-bond acceptors (Lipinski definition) is 1. The number of para-hydroxylation sites is 1. The second-order valence-corrected chi connectivity index (χ2v) is 10.3. The largest absolute Gasteiger partial charge is 0.544 e. The Morgan fingerprint density at radius 3 is 2.05 bits per heavy atom. The zero-order valence-corrected chi connectivity index (χ0v) is 14.0. The lowest BCUT2D eigenvalue weighted by molar-refractivity contribution is 0.534. The minimum Gasteiger partial charge on any atom is -0.544 e. The summed E-state index contributed by atoms with van der Waals surface area (Å²) < 4.78 is 6.19. The molecule has 0 N–H and O–H groups in total. The van der Waals surface area contributed by atoms with E-state index >= 15 is 0 Å². The van der Waals surface area contributed by atoms with E-state index in [0.717, 1.165) is 5.75 Å². The summed E-state index contributed by atoms with van der Waals surface area (Å²) >= 11 is 0. The molecule has 0 atom stereocenters. The Labute approximate surface area is 120 Å². The van der Waals surface area contributed by atoms with Gasteiger partial charge in [0.05, 0.1) is 0 Å². The predicted octanol–water partition coefficient (Wildman–Crippen LogP) is 6.02. The summed E-state index contributed by atoms with van der Waals surface area (Å²) in [6, 6.07) is 11.5. The molecule has 0 saturated carbocycles. The Kier molecular flexibility index (Phi) is 7.88. The lowest BCUT2D eigenvalue weighted by Gasteiger charge is -2.24. The van der Waals surface area contributed by atoms with E-state index in [1.165, 1.54) is 51.0 Å². The van der Waals surface area contributed by atoms with Crippen molar-refractivity contribution in [3.05, 3.63) is 30.3 Å². The molecule has 0 fully saturated rings. The van der Waals surface area contributed by atoms with Crippen LogP contribution >= 0.6 is 0 Å². The molecule has 0 amide bonds. The molecule has 0 unspecified atom stereocenters. The Balaban J connectivity index is 2.13. The van der Waals surface area contributed by atoms with Gasteiger partial charge in [-0.1, -0.05) is 70.1 Å². The highest BCUT2D eigenvalue weighted by Crippen LogP contribution is 2.21. The van der Waals surface area contributed by atoms with Crippen LogP contribution < -0.4 is 4.43 Å². The van der Waals surface area contributed by atoms with Crippen molar-refractivity contribution in [3.63, 3.8) is 0 Å². The van der Waals surface area contributed by atoms with E-state index in [9.17, 15) is 0 Å². The molecule has 0 radical (unpaired) electrons. The quantitative estimate of drug-likeness (QED) is 0.375. The van der Waals surface area contributed by atoms with Crippen LogP contribution in [0.25, 0.3) is 0 Å². The molecule has 0 saturated heterocycles. The van der Waals surface area contributed by atoms with Gasteiger partial charge in [0, 0.05) is 0 Å². The van der Waals surface area contributed by atoms with Crippen molar-refractivity contribution in [1.82, 2.24) is 0 Å². The highest BCUT2D eigenvalue weighted by atomic mass is 28.4. The van der Waals surface area contributed by atoms with Gasteiger partial charge in [0.25, 0.3) is 0 Å². The number of hydrogen-bond donors (Lipinski definition) is 0. The fourth-order valence-electron chi connectivity index (χ4n) is 2.37. The van der Waals surface area contributed by atoms with E-state index in [1.807, 2.05) is 18.2 Å². The molecule has 19 heavy (non-hydrogen) atoms. The molecule has 1 rings (SSSR count). The molecule has 1 nitrogen and oxygen atoms in total. The highest BCUT2D eigenvalue weighted by Gasteiger charge is 2.23. The van der Waals surface area contributed by atoms with E-state index in [4.69, 9.17) is 4.43 Å². The highest BCUT2D eigenvalue weighted by molar-refractivity contribution is 6.71. The number of rotatable bonds is 10. The van der Waals surface area contributed by atoms with Gasteiger partial charge >= 0.3 is 0 Å². The molecule has 1 aromatic carbocycles. The van der Waals surface area contributed by atoms with Crippen LogP contribution in [0.1, 0.15) is 51.9 Å². The maximum Gasteiger partial charge on any atom is 0.245 e. The first kappa shape index (κ1) is 16.3. The van der Waals surface area contributed by atoms with Crippen molar-refractivity contribution in [2.45, 2.75) is 71.0 Å². The van der Waals surface area contributed by atoms with Gasteiger partial charge in [-0.25, -0.2) is 0 Å². The van der Waals surface area contributed by atoms with E-state index in [-0.39, 0.29) is 0 Å². The fraction of sp³-hybridized carbons (Fsp3) is 0.647. The summed E-state index contributed by atoms with van der Waals surface area (Å²) in [6.07, 6.45) is 9.67. The van der Waals surface area contributed by atoms with E-state index in [2.05, 4.69) is 32.2 Å². The Bertz CT molecular complexity index is 321. The molecule has 1 aromatic rings. The van der Waals surface area contributed by atoms with Crippen molar-refractivity contribution < 1.29 is 4.43 Å². The maximum atomic E-state index is 6.19. The van der Waals surface area contributed by atoms with Crippen LogP contribution in [0.4, 0.5) is 0 Å². The van der Waals surface area contributed by atoms with Crippen molar-refractivity contribution in [2.24, 2.45) is 0 Å². The number of unbranched alkanes of at least 4 members (excludes halogenated alkanes) is 6. The third-order valence-corrected chi connectivity index (χ3v) is 5.87. The molecule has 0 aromatic heterocycles. The summed E-state index contributed by atoms with van der Waals surface area (Å²) in [5, 5.41) is 0. The minimum atomic E-state index is -1.52. The lowest BCUT2D eigenvalue weighted by Crippen LogP contribution is -2.33. The molecule has 0 aliphatic carbocycles. The maximum absolute atomic E-state index is 6.19. The first-order chi connectivity index (χ1) is 9.14. The van der Waals surface area contributed by atoms with Crippen LogP contribution in [0.15, 0.2) is 30.3 Å². The van der Waals surface area contributed by atoms with Crippen LogP contribution in [0, 0.1) is 0 Å². The zero-order chi connectivity index (χ0) is 14.0. The molecule has 2 heteroatoms. The van der Waals surface area contributed by atoms with Crippen molar-refractivity contribution in [1.29, 1.82) is 0 Å². The van der Waals surface area contributed by atoms with Gasteiger partial charge in [0.15, 0.2) is 0 Å². The van der Waals surface area contributed by atoms with E-state index in [0.29, 0.717) is 0 Å². The topological polar surface area (TPSA) is 9.23 Å². The van der Waals surface area contributed by atoms with Gasteiger partial charge in [0.1, 0.15) is 5.75 Å². The average Bonchev–Trinajstić information content (AvgIpc) is 2.38. The molecule has 0 heterocycles. The summed E-state index contributed by atoms with van der Waals surface area (Å²) in [5.74, 6) is 1.04. The third kappa shape index (κ3) is 8.09. The smallest absolute Gasteiger partial charge is 0.245 e. The minimum absolute atomic E-state index is 1.04. The van der Waals surface area contributed by atoms with Gasteiger partial charge < -0.3 is 4.43 Å². The third-order valence-electron chi connectivity index (χ3n) is 3.52. The SMILES string of the molecule is CCCCCCCCC[Si](C)(C)Oc1ccccc1. The monoisotopic (exact) mass is 278 g/mol. The first-order valence-corrected chi connectivity index (χ1v) is 11.0. The lowest BCUT2D eigenvalue weighted by atomic mass is 10.1. The standard InChI is InChI=1S/C17H30OSi/c1-4-5-6-7-8-9-13-16-19(2,3)18-17-14-11-10-12-15-17/h10-12,14-15H,4-9,13,16H2,1-3H3. The predicted molar refractivity (Wildman–Crippen MR) is 87.4 cm³/mol.